The lowest BCUT2D eigenvalue weighted by Crippen LogP contribution is -2.25. The smallest absolute Gasteiger partial charge is 0.223 e. The highest BCUT2D eigenvalue weighted by Crippen LogP contribution is 2.29. The van der Waals surface area contributed by atoms with E-state index in [1.54, 1.807) is 19.3 Å². The van der Waals surface area contributed by atoms with Crippen LogP contribution in [0.25, 0.3) is 11.4 Å². The van der Waals surface area contributed by atoms with Crippen LogP contribution in [0.1, 0.15) is 23.9 Å². The van der Waals surface area contributed by atoms with Gasteiger partial charge in [-0.2, -0.15) is 0 Å². The lowest BCUT2D eigenvalue weighted by atomic mass is 10.1. The third-order valence-corrected chi connectivity index (χ3v) is 4.41. The fourth-order valence-corrected chi connectivity index (χ4v) is 3.22. The number of rotatable bonds is 3. The Morgan fingerprint density at radius 1 is 1.08 bits per heavy atom. The van der Waals surface area contributed by atoms with Crippen LogP contribution in [0.15, 0.2) is 54.9 Å². The monoisotopic (exact) mass is 330 g/mol. The molecule has 1 amide bonds. The molecule has 3 heterocycles. The van der Waals surface area contributed by atoms with E-state index in [2.05, 4.69) is 27.1 Å². The lowest BCUT2D eigenvalue weighted by Gasteiger charge is -2.14. The molecular weight excluding hydrogens is 312 g/mol. The van der Waals surface area contributed by atoms with E-state index in [0.717, 1.165) is 41.4 Å². The predicted octanol–water partition coefficient (Wildman–Crippen LogP) is 3.04. The number of benzene rings is 1. The molecule has 4 rings (SSSR count). The lowest BCUT2D eigenvalue weighted by molar-refractivity contribution is -0.116. The summed E-state index contributed by atoms with van der Waals surface area (Å²) >= 11 is 0. The summed E-state index contributed by atoms with van der Waals surface area (Å²) in [6.07, 6.45) is 5.10. The summed E-state index contributed by atoms with van der Waals surface area (Å²) in [5.74, 6) is 0.863. The molecule has 0 N–H and O–H groups in total. The van der Waals surface area contributed by atoms with E-state index < -0.39 is 0 Å². The van der Waals surface area contributed by atoms with Gasteiger partial charge in [-0.3, -0.25) is 9.78 Å². The molecular formula is C20H18N4O. The minimum atomic E-state index is 0.0953. The van der Waals surface area contributed by atoms with Gasteiger partial charge in [0.25, 0.3) is 0 Å². The maximum atomic E-state index is 11.7. The van der Waals surface area contributed by atoms with E-state index in [1.165, 1.54) is 5.56 Å². The van der Waals surface area contributed by atoms with Crippen molar-refractivity contribution in [2.45, 2.75) is 19.8 Å². The van der Waals surface area contributed by atoms with E-state index >= 15 is 0 Å². The van der Waals surface area contributed by atoms with Crippen molar-refractivity contribution < 1.29 is 4.79 Å². The Labute approximate surface area is 146 Å². The van der Waals surface area contributed by atoms with E-state index in [4.69, 9.17) is 0 Å². The van der Waals surface area contributed by atoms with Gasteiger partial charge in [0.15, 0.2) is 0 Å². The van der Waals surface area contributed by atoms with Gasteiger partial charge in [0.1, 0.15) is 5.82 Å². The quantitative estimate of drug-likeness (QED) is 0.740. The minimum absolute atomic E-state index is 0.0953. The van der Waals surface area contributed by atoms with Crippen molar-refractivity contribution in [3.8, 4) is 11.4 Å². The summed E-state index contributed by atoms with van der Waals surface area (Å²) in [6.45, 7) is 2.37. The van der Waals surface area contributed by atoms with Crippen LogP contribution in [0.3, 0.4) is 0 Å². The number of hydrogen-bond donors (Lipinski definition) is 0. The molecule has 25 heavy (non-hydrogen) atoms. The third kappa shape index (κ3) is 3.13. The average Bonchev–Trinajstić information content (AvgIpc) is 3.06. The first-order valence-corrected chi connectivity index (χ1v) is 8.34. The number of aromatic nitrogens is 3. The summed E-state index contributed by atoms with van der Waals surface area (Å²) in [7, 11) is 0. The number of carbonyl (C=O) groups is 1. The fraction of sp³-hybridized carbons (Fsp3) is 0.200. The number of amides is 1. The number of pyridine rings is 1. The maximum absolute atomic E-state index is 11.7. The van der Waals surface area contributed by atoms with Gasteiger partial charge in [-0.15, -0.1) is 0 Å². The largest absolute Gasteiger partial charge is 0.312 e. The van der Waals surface area contributed by atoms with Gasteiger partial charge in [0, 0.05) is 38.0 Å². The Balaban J connectivity index is 1.58. The van der Waals surface area contributed by atoms with Crippen LogP contribution in [0, 0.1) is 0 Å². The van der Waals surface area contributed by atoms with Crippen LogP contribution in [0.5, 0.6) is 0 Å². The van der Waals surface area contributed by atoms with E-state index in [-0.39, 0.29) is 5.91 Å². The molecule has 0 fully saturated rings. The van der Waals surface area contributed by atoms with Gasteiger partial charge in [0.05, 0.1) is 11.4 Å². The second-order valence-corrected chi connectivity index (χ2v) is 6.13. The number of anilines is 1. The van der Waals surface area contributed by atoms with E-state index in [0.29, 0.717) is 6.42 Å². The Bertz CT molecular complexity index is 924. The maximum Gasteiger partial charge on any atom is 0.223 e. The highest BCUT2D eigenvalue weighted by atomic mass is 16.2. The normalized spacial score (nSPS) is 12.9. The van der Waals surface area contributed by atoms with Crippen LogP contribution < -0.4 is 4.90 Å². The van der Waals surface area contributed by atoms with Gasteiger partial charge < -0.3 is 4.90 Å². The number of fused-ring (bicyclic) bond motifs is 1. The third-order valence-electron chi connectivity index (χ3n) is 4.41. The summed E-state index contributed by atoms with van der Waals surface area (Å²) in [5, 5.41) is 0. The first kappa shape index (κ1) is 15.4. The van der Waals surface area contributed by atoms with Crippen LogP contribution in [-0.2, 0) is 17.6 Å². The van der Waals surface area contributed by atoms with Crippen molar-refractivity contribution in [3.63, 3.8) is 0 Å². The second kappa shape index (κ2) is 6.43. The molecule has 0 unspecified atom stereocenters. The van der Waals surface area contributed by atoms with Gasteiger partial charge in [-0.1, -0.05) is 18.2 Å². The van der Waals surface area contributed by atoms with Crippen molar-refractivity contribution in [2.24, 2.45) is 0 Å². The number of carbonyl (C=O) groups excluding carboxylic acids is 1. The van der Waals surface area contributed by atoms with Crippen molar-refractivity contribution in [3.05, 3.63) is 71.8 Å². The standard InChI is InChI=1S/C20H18N4O/c1-14(25)24-11-8-16-12-15(5-6-19(16)24)13-20-22-10-7-18(23-20)17-4-2-3-9-21-17/h2-7,9-10,12H,8,11,13H2,1H3. The summed E-state index contributed by atoms with van der Waals surface area (Å²) < 4.78 is 0. The molecule has 1 aromatic carbocycles. The van der Waals surface area contributed by atoms with Crippen LogP contribution in [-0.4, -0.2) is 27.4 Å². The Morgan fingerprint density at radius 2 is 2.00 bits per heavy atom. The summed E-state index contributed by atoms with van der Waals surface area (Å²) in [4.78, 5) is 26.9. The SMILES string of the molecule is CC(=O)N1CCc2cc(Cc3nccc(-c4ccccn4)n3)ccc21. The molecule has 0 bridgehead atoms. The van der Waals surface area contributed by atoms with Gasteiger partial charge in [-0.25, -0.2) is 9.97 Å². The fourth-order valence-electron chi connectivity index (χ4n) is 3.22. The molecule has 0 radical (unpaired) electrons. The van der Waals surface area contributed by atoms with Gasteiger partial charge in [-0.05, 0) is 41.8 Å². The molecule has 0 saturated carbocycles. The topological polar surface area (TPSA) is 59.0 Å². The summed E-state index contributed by atoms with van der Waals surface area (Å²) in [6, 6.07) is 13.9. The minimum Gasteiger partial charge on any atom is -0.312 e. The van der Waals surface area contributed by atoms with Crippen molar-refractivity contribution >= 4 is 11.6 Å². The van der Waals surface area contributed by atoms with Crippen molar-refractivity contribution in [2.75, 3.05) is 11.4 Å². The molecule has 1 aliphatic rings. The Kier molecular flexibility index (Phi) is 3.98. The zero-order chi connectivity index (χ0) is 17.2. The van der Waals surface area contributed by atoms with Crippen LogP contribution in [0.4, 0.5) is 5.69 Å². The van der Waals surface area contributed by atoms with Crippen LogP contribution >= 0.6 is 0 Å². The predicted molar refractivity (Wildman–Crippen MR) is 96.2 cm³/mol. The highest BCUT2D eigenvalue weighted by molar-refractivity contribution is 5.93. The van der Waals surface area contributed by atoms with Crippen molar-refractivity contribution in [1.82, 2.24) is 15.0 Å². The first-order chi connectivity index (χ1) is 12.2. The molecule has 5 heteroatoms. The zero-order valence-corrected chi connectivity index (χ0v) is 14.0. The van der Waals surface area contributed by atoms with Gasteiger partial charge in [0.2, 0.25) is 5.91 Å². The van der Waals surface area contributed by atoms with Crippen LogP contribution in [0.2, 0.25) is 0 Å². The molecule has 0 spiro atoms. The van der Waals surface area contributed by atoms with E-state index in [1.807, 2.05) is 35.2 Å². The molecule has 3 aromatic rings. The molecule has 0 atom stereocenters. The van der Waals surface area contributed by atoms with Crippen molar-refractivity contribution in [1.29, 1.82) is 0 Å². The second-order valence-electron chi connectivity index (χ2n) is 6.13. The molecule has 5 nitrogen and oxygen atoms in total. The van der Waals surface area contributed by atoms with E-state index in [9.17, 15) is 4.79 Å². The summed E-state index contributed by atoms with van der Waals surface area (Å²) in [5.41, 5.74) is 5.07. The molecule has 0 aliphatic carbocycles. The molecule has 1 aliphatic heterocycles. The molecule has 2 aromatic heterocycles. The average molecular weight is 330 g/mol. The Morgan fingerprint density at radius 3 is 2.80 bits per heavy atom. The first-order valence-electron chi connectivity index (χ1n) is 8.34. The number of hydrogen-bond acceptors (Lipinski definition) is 4. The zero-order valence-electron chi connectivity index (χ0n) is 14.0. The molecule has 124 valence electrons. The highest BCUT2D eigenvalue weighted by Gasteiger charge is 2.22. The number of nitrogens with zero attached hydrogens (tertiary/aromatic N) is 4. The Hall–Kier alpha value is -3.08. The van der Waals surface area contributed by atoms with Gasteiger partial charge >= 0.3 is 0 Å². The molecule has 0 saturated heterocycles.